The molecule has 1 heterocycles. The van der Waals surface area contributed by atoms with Gasteiger partial charge in [0.25, 0.3) is 5.91 Å². The van der Waals surface area contributed by atoms with E-state index >= 15 is 0 Å². The van der Waals surface area contributed by atoms with E-state index in [4.69, 9.17) is 14.5 Å². The number of hydrogen-bond donors (Lipinski definition) is 1. The zero-order valence-corrected chi connectivity index (χ0v) is 22.6. The number of fused-ring (bicyclic) bond motifs is 1. The molecule has 38 heavy (non-hydrogen) atoms. The molecule has 0 bridgehead atoms. The zero-order valence-electron chi connectivity index (χ0n) is 22.6. The first kappa shape index (κ1) is 27.0. The van der Waals surface area contributed by atoms with Gasteiger partial charge in [0, 0.05) is 25.1 Å². The Morgan fingerprint density at radius 1 is 1.05 bits per heavy atom. The maximum atomic E-state index is 12.6. The third-order valence-electron chi connectivity index (χ3n) is 6.61. The molecule has 0 radical (unpaired) electrons. The molecule has 4 rings (SSSR count). The maximum Gasteiger partial charge on any atom is 0.251 e. The number of aryl methyl sites for hydroxylation is 4. The summed E-state index contributed by atoms with van der Waals surface area (Å²) in [4.78, 5) is 17.5. The van der Waals surface area contributed by atoms with E-state index in [2.05, 4.69) is 22.5 Å². The fraction of sp³-hybridized carbons (Fsp3) is 0.312. The fourth-order valence-corrected chi connectivity index (χ4v) is 4.71. The number of hydrogen-bond acceptors (Lipinski definition) is 4. The average molecular weight is 512 g/mol. The van der Waals surface area contributed by atoms with Gasteiger partial charge in [0.05, 0.1) is 24.8 Å². The van der Waals surface area contributed by atoms with Crippen LogP contribution < -0.4 is 14.8 Å². The average Bonchev–Trinajstić information content (AvgIpc) is 3.27. The van der Waals surface area contributed by atoms with Crippen molar-refractivity contribution in [1.29, 1.82) is 0 Å². The minimum absolute atomic E-state index is 0.0268. The van der Waals surface area contributed by atoms with Crippen LogP contribution in [0.4, 0.5) is 0 Å². The van der Waals surface area contributed by atoms with E-state index in [-0.39, 0.29) is 5.91 Å². The topological polar surface area (TPSA) is 65.4 Å². The molecular formula is C32H37N3O3. The second-order valence-electron chi connectivity index (χ2n) is 9.53. The first-order valence-corrected chi connectivity index (χ1v) is 13.2. The number of imidazole rings is 1. The maximum absolute atomic E-state index is 12.6. The molecule has 0 atom stereocenters. The van der Waals surface area contributed by atoms with Gasteiger partial charge >= 0.3 is 0 Å². The highest BCUT2D eigenvalue weighted by molar-refractivity contribution is 5.95. The van der Waals surface area contributed by atoms with E-state index in [1.54, 1.807) is 7.11 Å². The van der Waals surface area contributed by atoms with E-state index in [0.717, 1.165) is 82.8 Å². The number of allylic oxidation sites excluding steroid dienone is 1. The van der Waals surface area contributed by atoms with E-state index in [1.165, 1.54) is 0 Å². The third-order valence-corrected chi connectivity index (χ3v) is 6.61. The molecule has 0 fully saturated rings. The molecule has 3 aromatic carbocycles. The van der Waals surface area contributed by atoms with Crippen LogP contribution in [0.15, 0.2) is 73.3 Å². The highest BCUT2D eigenvalue weighted by Crippen LogP contribution is 2.28. The number of methoxy groups -OCH3 is 1. The Balaban J connectivity index is 1.34. The summed E-state index contributed by atoms with van der Waals surface area (Å²) in [5.74, 6) is 2.48. The number of amides is 1. The van der Waals surface area contributed by atoms with Gasteiger partial charge in [-0.1, -0.05) is 42.0 Å². The van der Waals surface area contributed by atoms with Crippen LogP contribution in [0.2, 0.25) is 0 Å². The Bertz CT molecular complexity index is 1410. The molecule has 0 aliphatic carbocycles. The fourth-order valence-electron chi connectivity index (χ4n) is 4.71. The summed E-state index contributed by atoms with van der Waals surface area (Å²) in [6.45, 7) is 9.76. The van der Waals surface area contributed by atoms with Crippen molar-refractivity contribution in [1.82, 2.24) is 14.9 Å². The predicted molar refractivity (Wildman–Crippen MR) is 153 cm³/mol. The Morgan fingerprint density at radius 3 is 2.68 bits per heavy atom. The van der Waals surface area contributed by atoms with Crippen LogP contribution in [0.3, 0.4) is 0 Å². The number of nitrogens with zero attached hydrogens (tertiary/aromatic N) is 2. The predicted octanol–water partition coefficient (Wildman–Crippen LogP) is 6.22. The van der Waals surface area contributed by atoms with Crippen molar-refractivity contribution in [2.24, 2.45) is 0 Å². The summed E-state index contributed by atoms with van der Waals surface area (Å²) < 4.78 is 13.9. The van der Waals surface area contributed by atoms with Crippen LogP contribution in [0.5, 0.6) is 11.5 Å². The lowest BCUT2D eigenvalue weighted by atomic mass is 10.1. The van der Waals surface area contributed by atoms with Crippen molar-refractivity contribution in [3.8, 4) is 11.5 Å². The standard InChI is InChI=1S/C32H37N3O3/c1-5-10-25-15-17-29(30(22-25)37-4)38-20-9-19-35-28-12-7-6-11-27(28)34-31(35)13-8-18-33-32(36)26-16-14-23(2)21-24(26)3/h5-7,11-12,14-17,21-22H,1,8-10,13,18-20H2,2-4H3,(H,33,36). The summed E-state index contributed by atoms with van der Waals surface area (Å²) in [5.41, 5.74) is 6.13. The molecule has 1 amide bonds. The number of ether oxygens (including phenoxy) is 2. The quantitative estimate of drug-likeness (QED) is 0.171. The number of carbonyl (C=O) groups excluding carboxylic acids is 1. The highest BCUT2D eigenvalue weighted by Gasteiger charge is 2.12. The molecule has 6 heteroatoms. The molecule has 6 nitrogen and oxygen atoms in total. The van der Waals surface area contributed by atoms with E-state index < -0.39 is 0 Å². The van der Waals surface area contributed by atoms with Gasteiger partial charge in [-0.15, -0.1) is 6.58 Å². The molecule has 0 unspecified atom stereocenters. The van der Waals surface area contributed by atoms with Gasteiger partial charge in [-0.2, -0.15) is 0 Å². The molecule has 0 saturated heterocycles. The van der Waals surface area contributed by atoms with Crippen molar-refractivity contribution < 1.29 is 14.3 Å². The number of benzene rings is 3. The van der Waals surface area contributed by atoms with Crippen molar-refractivity contribution in [2.75, 3.05) is 20.3 Å². The monoisotopic (exact) mass is 511 g/mol. The summed E-state index contributed by atoms with van der Waals surface area (Å²) in [6.07, 6.45) is 5.09. The first-order chi connectivity index (χ1) is 18.5. The van der Waals surface area contributed by atoms with Crippen molar-refractivity contribution in [3.05, 3.63) is 101 Å². The second kappa shape index (κ2) is 13.0. The van der Waals surface area contributed by atoms with Gasteiger partial charge in [0.2, 0.25) is 0 Å². The van der Waals surface area contributed by atoms with E-state index in [9.17, 15) is 4.79 Å². The number of para-hydroxylation sites is 2. The summed E-state index contributed by atoms with van der Waals surface area (Å²) in [7, 11) is 1.66. The SMILES string of the molecule is C=CCc1ccc(OCCCn2c(CCCNC(=O)c3ccc(C)cc3C)nc3ccccc32)c(OC)c1. The minimum atomic E-state index is -0.0268. The molecule has 198 valence electrons. The Labute approximate surface area is 225 Å². The molecular weight excluding hydrogens is 474 g/mol. The van der Waals surface area contributed by atoms with Crippen LogP contribution >= 0.6 is 0 Å². The smallest absolute Gasteiger partial charge is 0.251 e. The Morgan fingerprint density at radius 2 is 1.89 bits per heavy atom. The number of rotatable bonds is 13. The normalized spacial score (nSPS) is 10.9. The summed E-state index contributed by atoms with van der Waals surface area (Å²) in [5, 5.41) is 3.06. The molecule has 0 spiro atoms. The van der Waals surface area contributed by atoms with E-state index in [0.29, 0.717) is 13.2 Å². The summed E-state index contributed by atoms with van der Waals surface area (Å²) in [6, 6.07) is 20.1. The lowest BCUT2D eigenvalue weighted by Gasteiger charge is -2.13. The second-order valence-corrected chi connectivity index (χ2v) is 9.53. The van der Waals surface area contributed by atoms with Crippen LogP contribution in [0.1, 0.15) is 45.7 Å². The van der Waals surface area contributed by atoms with Gasteiger partial charge in [-0.05, 0) is 74.6 Å². The lowest BCUT2D eigenvalue weighted by Crippen LogP contribution is -2.25. The third kappa shape index (κ3) is 6.62. The lowest BCUT2D eigenvalue weighted by molar-refractivity contribution is 0.0952. The minimum Gasteiger partial charge on any atom is -0.493 e. The number of carbonyl (C=O) groups is 1. The van der Waals surface area contributed by atoms with Crippen molar-refractivity contribution in [2.45, 2.75) is 46.1 Å². The largest absolute Gasteiger partial charge is 0.493 e. The molecule has 0 aliphatic heterocycles. The highest BCUT2D eigenvalue weighted by atomic mass is 16.5. The van der Waals surface area contributed by atoms with E-state index in [1.807, 2.05) is 74.5 Å². The van der Waals surface area contributed by atoms with Crippen molar-refractivity contribution >= 4 is 16.9 Å². The van der Waals surface area contributed by atoms with Gasteiger partial charge in [0.1, 0.15) is 5.82 Å². The molecule has 1 N–H and O–H groups in total. The molecule has 0 aliphatic rings. The Hall–Kier alpha value is -4.06. The van der Waals surface area contributed by atoms with Crippen LogP contribution in [-0.2, 0) is 19.4 Å². The Kier molecular flexibility index (Phi) is 9.20. The number of nitrogens with one attached hydrogen (secondary N) is 1. The van der Waals surface area contributed by atoms with Gasteiger partial charge in [0.15, 0.2) is 11.5 Å². The van der Waals surface area contributed by atoms with Gasteiger partial charge in [-0.25, -0.2) is 4.98 Å². The first-order valence-electron chi connectivity index (χ1n) is 13.2. The van der Waals surface area contributed by atoms with Crippen LogP contribution in [0, 0.1) is 13.8 Å². The number of aromatic nitrogens is 2. The van der Waals surface area contributed by atoms with Crippen LogP contribution in [0.25, 0.3) is 11.0 Å². The molecule has 1 aromatic heterocycles. The van der Waals surface area contributed by atoms with Gasteiger partial charge in [-0.3, -0.25) is 4.79 Å². The van der Waals surface area contributed by atoms with Crippen molar-refractivity contribution in [3.63, 3.8) is 0 Å². The zero-order chi connectivity index (χ0) is 26.9. The van der Waals surface area contributed by atoms with Crippen LogP contribution in [-0.4, -0.2) is 35.7 Å². The molecule has 0 saturated carbocycles. The molecule has 4 aromatic rings. The summed E-state index contributed by atoms with van der Waals surface area (Å²) >= 11 is 0. The van der Waals surface area contributed by atoms with Gasteiger partial charge < -0.3 is 19.4 Å².